The van der Waals surface area contributed by atoms with Crippen LogP contribution in [0.3, 0.4) is 0 Å². The van der Waals surface area contributed by atoms with E-state index in [1.54, 1.807) is 6.07 Å². The largest absolute Gasteiger partial charge is 0.494 e. The number of carbonyl (C=O) groups is 1. The van der Waals surface area contributed by atoms with E-state index < -0.39 is 0 Å². The second kappa shape index (κ2) is 6.52. The summed E-state index contributed by atoms with van der Waals surface area (Å²) in [5.41, 5.74) is 0.690. The molecule has 2 rings (SSSR count). The number of ether oxygens (including phenoxy) is 2. The molecule has 4 nitrogen and oxygen atoms in total. The first-order chi connectivity index (χ1) is 8.79. The van der Waals surface area contributed by atoms with Gasteiger partial charge in [0.2, 0.25) is 0 Å². The van der Waals surface area contributed by atoms with Crippen molar-refractivity contribution in [2.45, 2.75) is 19.4 Å². The van der Waals surface area contributed by atoms with Gasteiger partial charge in [0, 0.05) is 25.1 Å². The Balaban J connectivity index is 1.96. The second-order valence-corrected chi connectivity index (χ2v) is 4.29. The smallest absolute Gasteiger partial charge is 0.165 e. The fourth-order valence-corrected chi connectivity index (χ4v) is 2.00. The van der Waals surface area contributed by atoms with Gasteiger partial charge < -0.3 is 14.8 Å². The number of Topliss-reactive ketones (excluding diaryl/α,β-unsaturated/α-hetero) is 1. The van der Waals surface area contributed by atoms with Crippen LogP contribution in [0.25, 0.3) is 0 Å². The van der Waals surface area contributed by atoms with Crippen molar-refractivity contribution in [2.75, 3.05) is 26.3 Å². The van der Waals surface area contributed by atoms with Crippen molar-refractivity contribution >= 4 is 5.78 Å². The minimum atomic E-state index is -0.0120. The molecule has 0 aliphatic carbocycles. The van der Waals surface area contributed by atoms with Crippen LogP contribution in [0.2, 0.25) is 0 Å². The van der Waals surface area contributed by atoms with E-state index in [9.17, 15) is 4.79 Å². The lowest BCUT2D eigenvalue weighted by Crippen LogP contribution is -2.39. The van der Waals surface area contributed by atoms with Gasteiger partial charge in [0.25, 0.3) is 0 Å². The molecule has 98 valence electrons. The molecule has 0 bridgehead atoms. The van der Waals surface area contributed by atoms with Gasteiger partial charge in [-0.25, -0.2) is 0 Å². The Labute approximate surface area is 107 Å². The quantitative estimate of drug-likeness (QED) is 0.806. The number of hydrogen-bond donors (Lipinski definition) is 1. The first-order valence-electron chi connectivity index (χ1n) is 6.38. The third-order valence-electron chi connectivity index (χ3n) is 2.88. The van der Waals surface area contributed by atoms with Crippen molar-refractivity contribution < 1.29 is 14.3 Å². The summed E-state index contributed by atoms with van der Waals surface area (Å²) in [6.07, 6.45) is 0.407. The number of benzene rings is 1. The van der Waals surface area contributed by atoms with Crippen molar-refractivity contribution in [1.82, 2.24) is 5.32 Å². The monoisotopic (exact) mass is 249 g/mol. The van der Waals surface area contributed by atoms with Gasteiger partial charge in [-0.05, 0) is 19.1 Å². The Morgan fingerprint density at radius 1 is 1.56 bits per heavy atom. The van der Waals surface area contributed by atoms with Crippen LogP contribution in [-0.2, 0) is 4.74 Å². The number of ketones is 1. The van der Waals surface area contributed by atoms with Gasteiger partial charge in [0.1, 0.15) is 5.75 Å². The molecule has 1 unspecified atom stereocenters. The van der Waals surface area contributed by atoms with E-state index in [-0.39, 0.29) is 11.9 Å². The number of hydrogen-bond acceptors (Lipinski definition) is 4. The van der Waals surface area contributed by atoms with Crippen molar-refractivity contribution in [2.24, 2.45) is 0 Å². The molecule has 1 aromatic rings. The highest BCUT2D eigenvalue weighted by Crippen LogP contribution is 2.16. The Kier molecular flexibility index (Phi) is 4.73. The molecule has 0 amide bonds. The number of nitrogens with one attached hydrogen (secondary N) is 1. The Bertz CT molecular complexity index is 400. The van der Waals surface area contributed by atoms with Gasteiger partial charge in [-0.3, -0.25) is 4.79 Å². The molecule has 1 aliphatic heterocycles. The van der Waals surface area contributed by atoms with Crippen LogP contribution in [0.15, 0.2) is 24.3 Å². The van der Waals surface area contributed by atoms with Gasteiger partial charge in [-0.15, -0.1) is 0 Å². The molecule has 18 heavy (non-hydrogen) atoms. The number of rotatable bonds is 5. The summed E-state index contributed by atoms with van der Waals surface area (Å²) in [4.78, 5) is 12.1. The van der Waals surface area contributed by atoms with Crippen LogP contribution in [-0.4, -0.2) is 38.2 Å². The van der Waals surface area contributed by atoms with Crippen LogP contribution >= 0.6 is 0 Å². The first-order valence-corrected chi connectivity index (χ1v) is 6.38. The van der Waals surface area contributed by atoms with Gasteiger partial charge in [-0.2, -0.15) is 0 Å². The molecule has 1 aliphatic rings. The molecule has 1 fully saturated rings. The Morgan fingerprint density at radius 2 is 2.44 bits per heavy atom. The average Bonchev–Trinajstić information content (AvgIpc) is 2.40. The maximum Gasteiger partial charge on any atom is 0.165 e. The fourth-order valence-electron chi connectivity index (χ4n) is 2.00. The number of carbonyl (C=O) groups excluding carboxylic acids is 1. The van der Waals surface area contributed by atoms with Crippen LogP contribution < -0.4 is 10.1 Å². The Morgan fingerprint density at radius 3 is 3.17 bits per heavy atom. The standard InChI is InChI=1S/C14H19NO3/c1-2-17-12-5-3-4-11(8-12)14(16)9-13-10-15-6-7-18-13/h3-5,8,13,15H,2,6-7,9-10H2,1H3. The van der Waals surface area contributed by atoms with E-state index in [1.165, 1.54) is 0 Å². The minimum absolute atomic E-state index is 0.0120. The molecular formula is C14H19NO3. The molecule has 0 aromatic heterocycles. The molecule has 1 aromatic carbocycles. The maximum atomic E-state index is 12.1. The predicted octanol–water partition coefficient (Wildman–Crippen LogP) is 1.65. The van der Waals surface area contributed by atoms with Crippen molar-refractivity contribution in [1.29, 1.82) is 0 Å². The van der Waals surface area contributed by atoms with Crippen molar-refractivity contribution in [3.63, 3.8) is 0 Å². The van der Waals surface area contributed by atoms with E-state index in [0.717, 1.165) is 18.8 Å². The van der Waals surface area contributed by atoms with E-state index in [2.05, 4.69) is 5.32 Å². The van der Waals surface area contributed by atoms with E-state index in [4.69, 9.17) is 9.47 Å². The van der Waals surface area contributed by atoms with E-state index in [0.29, 0.717) is 25.2 Å². The highest BCUT2D eigenvalue weighted by Gasteiger charge is 2.18. The van der Waals surface area contributed by atoms with Gasteiger partial charge >= 0.3 is 0 Å². The van der Waals surface area contributed by atoms with Crippen LogP contribution in [0.1, 0.15) is 23.7 Å². The molecule has 1 N–H and O–H groups in total. The summed E-state index contributed by atoms with van der Waals surface area (Å²) in [6.45, 7) is 4.82. The summed E-state index contributed by atoms with van der Waals surface area (Å²) in [5.74, 6) is 0.844. The Hall–Kier alpha value is -1.39. The topological polar surface area (TPSA) is 47.6 Å². The summed E-state index contributed by atoms with van der Waals surface area (Å²) < 4.78 is 10.9. The zero-order valence-electron chi connectivity index (χ0n) is 10.6. The summed E-state index contributed by atoms with van der Waals surface area (Å²) in [7, 11) is 0. The molecule has 1 heterocycles. The van der Waals surface area contributed by atoms with Crippen molar-refractivity contribution in [3.05, 3.63) is 29.8 Å². The molecule has 1 saturated heterocycles. The summed E-state index contributed by atoms with van der Waals surface area (Å²) in [5, 5.41) is 3.22. The number of morpholine rings is 1. The normalized spacial score (nSPS) is 19.5. The van der Waals surface area contributed by atoms with Gasteiger partial charge in [0.05, 0.1) is 19.3 Å². The summed E-state index contributed by atoms with van der Waals surface area (Å²) >= 11 is 0. The van der Waals surface area contributed by atoms with Gasteiger partial charge in [-0.1, -0.05) is 12.1 Å². The minimum Gasteiger partial charge on any atom is -0.494 e. The van der Waals surface area contributed by atoms with Crippen LogP contribution in [0.4, 0.5) is 0 Å². The molecule has 0 spiro atoms. The zero-order valence-corrected chi connectivity index (χ0v) is 10.6. The SMILES string of the molecule is CCOc1cccc(C(=O)CC2CNCCO2)c1. The molecule has 0 saturated carbocycles. The van der Waals surface area contributed by atoms with Crippen LogP contribution in [0, 0.1) is 0 Å². The van der Waals surface area contributed by atoms with E-state index in [1.807, 2.05) is 25.1 Å². The summed E-state index contributed by atoms with van der Waals surface area (Å²) in [6, 6.07) is 7.32. The lowest BCUT2D eigenvalue weighted by atomic mass is 10.0. The first kappa shape index (κ1) is 13.1. The predicted molar refractivity (Wildman–Crippen MR) is 69.2 cm³/mol. The average molecular weight is 249 g/mol. The van der Waals surface area contributed by atoms with Gasteiger partial charge in [0.15, 0.2) is 5.78 Å². The lowest BCUT2D eigenvalue weighted by molar-refractivity contribution is 0.0240. The lowest BCUT2D eigenvalue weighted by Gasteiger charge is -2.22. The molecular weight excluding hydrogens is 230 g/mol. The second-order valence-electron chi connectivity index (χ2n) is 4.29. The van der Waals surface area contributed by atoms with E-state index >= 15 is 0 Å². The zero-order chi connectivity index (χ0) is 12.8. The van der Waals surface area contributed by atoms with Crippen molar-refractivity contribution in [3.8, 4) is 5.75 Å². The highest BCUT2D eigenvalue weighted by atomic mass is 16.5. The fraction of sp³-hybridized carbons (Fsp3) is 0.500. The molecule has 1 atom stereocenters. The van der Waals surface area contributed by atoms with Crippen LogP contribution in [0.5, 0.6) is 5.75 Å². The molecule has 4 heteroatoms. The highest BCUT2D eigenvalue weighted by molar-refractivity contribution is 5.96. The third kappa shape index (κ3) is 3.55. The molecule has 0 radical (unpaired) electrons. The maximum absolute atomic E-state index is 12.1. The third-order valence-corrected chi connectivity index (χ3v) is 2.88.